The topological polar surface area (TPSA) is 70.3 Å². The Balaban J connectivity index is 2.06. The Morgan fingerprint density at radius 2 is 1.75 bits per heavy atom. The van der Waals surface area contributed by atoms with Crippen LogP contribution in [0.25, 0.3) is 28.1 Å². The SMILES string of the molecule is CC(C#N)c1c(-n2c(C(F)(F)F)nc3ccccc32)n[nH]c1-c1ccccc1. The zero-order valence-corrected chi connectivity index (χ0v) is 14.7. The van der Waals surface area contributed by atoms with E-state index in [-0.39, 0.29) is 16.9 Å². The molecule has 0 saturated carbocycles. The number of H-pyrrole nitrogens is 1. The molecule has 0 spiro atoms. The third-order valence-corrected chi connectivity index (χ3v) is 4.50. The fourth-order valence-corrected chi connectivity index (χ4v) is 3.24. The molecule has 0 aliphatic rings. The van der Waals surface area contributed by atoms with Crippen molar-refractivity contribution in [1.29, 1.82) is 5.26 Å². The number of aromatic nitrogens is 4. The maximum absolute atomic E-state index is 13.7. The Bertz CT molecular complexity index is 1180. The summed E-state index contributed by atoms with van der Waals surface area (Å²) >= 11 is 0. The van der Waals surface area contributed by atoms with Gasteiger partial charge in [-0.05, 0) is 24.6 Å². The van der Waals surface area contributed by atoms with E-state index in [4.69, 9.17) is 0 Å². The first-order valence-electron chi connectivity index (χ1n) is 8.50. The molecule has 4 rings (SSSR count). The van der Waals surface area contributed by atoms with Crippen molar-refractivity contribution in [3.05, 3.63) is 66.0 Å². The molecule has 1 N–H and O–H groups in total. The molecule has 28 heavy (non-hydrogen) atoms. The summed E-state index contributed by atoms with van der Waals surface area (Å²) in [6.45, 7) is 1.63. The van der Waals surface area contributed by atoms with Gasteiger partial charge in [0.25, 0.3) is 0 Å². The monoisotopic (exact) mass is 381 g/mol. The van der Waals surface area contributed by atoms with E-state index in [1.54, 1.807) is 25.1 Å². The average Bonchev–Trinajstić information content (AvgIpc) is 3.29. The Labute approximate surface area is 158 Å². The second-order valence-corrected chi connectivity index (χ2v) is 6.31. The number of para-hydroxylation sites is 2. The van der Waals surface area contributed by atoms with Gasteiger partial charge in [-0.3, -0.25) is 9.67 Å². The summed E-state index contributed by atoms with van der Waals surface area (Å²) in [5.41, 5.74) is 2.11. The van der Waals surface area contributed by atoms with Crippen molar-refractivity contribution in [2.24, 2.45) is 0 Å². The summed E-state index contributed by atoms with van der Waals surface area (Å²) in [5, 5.41) is 16.5. The highest BCUT2D eigenvalue weighted by molar-refractivity contribution is 5.79. The lowest BCUT2D eigenvalue weighted by molar-refractivity contribution is -0.145. The van der Waals surface area contributed by atoms with E-state index in [2.05, 4.69) is 21.3 Å². The van der Waals surface area contributed by atoms with E-state index in [1.807, 2.05) is 30.3 Å². The Morgan fingerprint density at radius 3 is 2.43 bits per heavy atom. The largest absolute Gasteiger partial charge is 0.450 e. The van der Waals surface area contributed by atoms with Crippen LogP contribution >= 0.6 is 0 Å². The third kappa shape index (κ3) is 2.81. The van der Waals surface area contributed by atoms with Gasteiger partial charge in [-0.1, -0.05) is 42.5 Å². The quantitative estimate of drug-likeness (QED) is 0.539. The number of benzene rings is 2. The molecule has 0 saturated heterocycles. The van der Waals surface area contributed by atoms with E-state index in [0.717, 1.165) is 10.1 Å². The van der Waals surface area contributed by atoms with Crippen molar-refractivity contribution in [3.8, 4) is 23.1 Å². The van der Waals surface area contributed by atoms with Crippen LogP contribution in [-0.2, 0) is 6.18 Å². The van der Waals surface area contributed by atoms with Crippen molar-refractivity contribution in [2.75, 3.05) is 0 Å². The molecule has 0 radical (unpaired) electrons. The molecule has 0 fully saturated rings. The van der Waals surface area contributed by atoms with Crippen LogP contribution in [0.1, 0.15) is 24.2 Å². The van der Waals surface area contributed by atoms with Gasteiger partial charge in [-0.25, -0.2) is 4.98 Å². The maximum atomic E-state index is 13.7. The predicted molar refractivity (Wildman–Crippen MR) is 97.7 cm³/mol. The summed E-state index contributed by atoms with van der Waals surface area (Å²) in [7, 11) is 0. The Kier molecular flexibility index (Phi) is 4.15. The first-order valence-corrected chi connectivity index (χ1v) is 8.50. The summed E-state index contributed by atoms with van der Waals surface area (Å²) < 4.78 is 42.2. The molecular formula is C20H14F3N5. The zero-order chi connectivity index (χ0) is 19.9. The van der Waals surface area contributed by atoms with Crippen LogP contribution in [0.15, 0.2) is 54.6 Å². The van der Waals surface area contributed by atoms with Gasteiger partial charge in [0.1, 0.15) is 0 Å². The molecule has 0 amide bonds. The molecule has 0 aliphatic carbocycles. The van der Waals surface area contributed by atoms with Crippen LogP contribution in [0.2, 0.25) is 0 Å². The number of nitriles is 1. The van der Waals surface area contributed by atoms with Crippen LogP contribution in [0.5, 0.6) is 0 Å². The minimum absolute atomic E-state index is 0.0222. The average molecular weight is 381 g/mol. The number of aromatic amines is 1. The minimum atomic E-state index is -4.68. The molecule has 140 valence electrons. The van der Waals surface area contributed by atoms with Crippen LogP contribution in [0.4, 0.5) is 13.2 Å². The molecule has 1 unspecified atom stereocenters. The lowest BCUT2D eigenvalue weighted by Gasteiger charge is -2.13. The summed E-state index contributed by atoms with van der Waals surface area (Å²) in [6.07, 6.45) is -4.68. The molecule has 2 aromatic carbocycles. The lowest BCUT2D eigenvalue weighted by atomic mass is 9.98. The number of rotatable bonds is 3. The Morgan fingerprint density at radius 1 is 1.07 bits per heavy atom. The van der Waals surface area contributed by atoms with Crippen LogP contribution in [-0.4, -0.2) is 19.7 Å². The van der Waals surface area contributed by atoms with Gasteiger partial charge >= 0.3 is 6.18 Å². The van der Waals surface area contributed by atoms with Crippen molar-refractivity contribution in [2.45, 2.75) is 19.0 Å². The number of hydrogen-bond acceptors (Lipinski definition) is 3. The van der Waals surface area contributed by atoms with E-state index in [1.165, 1.54) is 6.07 Å². The van der Waals surface area contributed by atoms with E-state index in [0.29, 0.717) is 11.3 Å². The normalized spacial score (nSPS) is 12.8. The summed E-state index contributed by atoms with van der Waals surface area (Å²) in [4.78, 5) is 3.77. The standard InChI is InChI=1S/C20H14F3N5/c1-12(11-24)16-17(13-7-3-2-4-8-13)26-27-18(16)28-15-10-6-5-9-14(15)25-19(28)20(21,22)23/h2-10,12H,1H3,(H,26,27). The van der Waals surface area contributed by atoms with Crippen molar-refractivity contribution >= 4 is 11.0 Å². The Hall–Kier alpha value is -3.60. The summed E-state index contributed by atoms with van der Waals surface area (Å²) in [5.74, 6) is -1.74. The molecule has 0 bridgehead atoms. The fourth-order valence-electron chi connectivity index (χ4n) is 3.24. The second-order valence-electron chi connectivity index (χ2n) is 6.31. The molecule has 1 atom stereocenters. The minimum Gasteiger partial charge on any atom is -0.275 e. The summed E-state index contributed by atoms with van der Waals surface area (Å²) in [6, 6.07) is 17.5. The highest BCUT2D eigenvalue weighted by atomic mass is 19.4. The van der Waals surface area contributed by atoms with Gasteiger partial charge < -0.3 is 0 Å². The fraction of sp³-hybridized carbons (Fsp3) is 0.150. The maximum Gasteiger partial charge on any atom is 0.450 e. The van der Waals surface area contributed by atoms with E-state index < -0.39 is 17.9 Å². The van der Waals surface area contributed by atoms with Gasteiger partial charge in [-0.15, -0.1) is 0 Å². The van der Waals surface area contributed by atoms with Gasteiger partial charge in [0.15, 0.2) is 5.82 Å². The third-order valence-electron chi connectivity index (χ3n) is 4.50. The van der Waals surface area contributed by atoms with Crippen LogP contribution < -0.4 is 0 Å². The van der Waals surface area contributed by atoms with Gasteiger partial charge in [0.05, 0.1) is 28.7 Å². The van der Waals surface area contributed by atoms with Crippen molar-refractivity contribution < 1.29 is 13.2 Å². The number of imidazole rings is 1. The highest BCUT2D eigenvalue weighted by Gasteiger charge is 2.39. The van der Waals surface area contributed by atoms with Gasteiger partial charge in [-0.2, -0.15) is 23.5 Å². The molecule has 8 heteroatoms. The van der Waals surface area contributed by atoms with E-state index >= 15 is 0 Å². The van der Waals surface area contributed by atoms with Crippen molar-refractivity contribution in [3.63, 3.8) is 0 Å². The first-order chi connectivity index (χ1) is 13.4. The van der Waals surface area contributed by atoms with Crippen LogP contribution in [0.3, 0.4) is 0 Å². The number of nitrogens with zero attached hydrogens (tertiary/aromatic N) is 4. The number of alkyl halides is 3. The zero-order valence-electron chi connectivity index (χ0n) is 14.7. The van der Waals surface area contributed by atoms with Crippen LogP contribution in [0, 0.1) is 11.3 Å². The smallest absolute Gasteiger partial charge is 0.275 e. The van der Waals surface area contributed by atoms with Crippen molar-refractivity contribution in [1.82, 2.24) is 19.7 Å². The number of fused-ring (bicyclic) bond motifs is 1. The number of hydrogen-bond donors (Lipinski definition) is 1. The first kappa shape index (κ1) is 17.8. The lowest BCUT2D eigenvalue weighted by Crippen LogP contribution is -2.15. The highest BCUT2D eigenvalue weighted by Crippen LogP contribution is 2.38. The van der Waals surface area contributed by atoms with E-state index in [9.17, 15) is 18.4 Å². The molecule has 2 aromatic heterocycles. The molecule has 5 nitrogen and oxygen atoms in total. The molecule has 4 aromatic rings. The molecular weight excluding hydrogens is 367 g/mol. The van der Waals surface area contributed by atoms with Gasteiger partial charge in [0.2, 0.25) is 5.82 Å². The van der Waals surface area contributed by atoms with Gasteiger partial charge in [0, 0.05) is 5.56 Å². The molecule has 0 aliphatic heterocycles. The number of nitrogens with one attached hydrogen (secondary N) is 1. The number of halogens is 3. The molecule has 2 heterocycles. The second kappa shape index (κ2) is 6.53. The predicted octanol–water partition coefficient (Wildman–Crippen LogP) is 5.06.